The lowest BCUT2D eigenvalue weighted by Gasteiger charge is -2.55. The van der Waals surface area contributed by atoms with Crippen molar-refractivity contribution >= 4 is 46.9 Å². The highest BCUT2D eigenvalue weighted by molar-refractivity contribution is 6.23. The second-order valence-corrected chi connectivity index (χ2v) is 14.4. The van der Waals surface area contributed by atoms with Gasteiger partial charge < -0.3 is 10.2 Å². The molecule has 1 aromatic carbocycles. The van der Waals surface area contributed by atoms with E-state index in [-0.39, 0.29) is 49.9 Å². The Labute approximate surface area is 232 Å². The first kappa shape index (κ1) is 28.0. The molecule has 4 unspecified atom stereocenters. The van der Waals surface area contributed by atoms with Crippen molar-refractivity contribution in [3.63, 3.8) is 0 Å². The smallest absolute Gasteiger partial charge is 0.309 e. The highest BCUT2D eigenvalue weighted by Gasteiger charge is 2.65. The molecular formula is C30H36N2O8. The quantitative estimate of drug-likeness (QED) is 0.532. The Morgan fingerprint density at radius 3 is 1.10 bits per heavy atom. The first-order valence-corrected chi connectivity index (χ1v) is 13.6. The Hall–Kier alpha value is -3.56. The molecule has 2 N–H and O–H groups in total. The van der Waals surface area contributed by atoms with E-state index in [1.165, 1.54) is 6.07 Å². The average Bonchev–Trinajstić information content (AvgIpc) is 2.81. The third-order valence-corrected chi connectivity index (χ3v) is 9.94. The van der Waals surface area contributed by atoms with Gasteiger partial charge in [-0.3, -0.25) is 28.8 Å². The number of rotatable bonds is 4. The lowest BCUT2D eigenvalue weighted by Crippen LogP contribution is -2.65. The van der Waals surface area contributed by atoms with E-state index in [9.17, 15) is 39.0 Å². The van der Waals surface area contributed by atoms with Crippen molar-refractivity contribution in [1.29, 1.82) is 0 Å². The summed E-state index contributed by atoms with van der Waals surface area (Å²) < 4.78 is 0. The average molecular weight is 553 g/mol. The zero-order valence-electron chi connectivity index (χ0n) is 23.8. The maximum Gasteiger partial charge on any atom is 0.309 e. The molecule has 4 aliphatic rings. The van der Waals surface area contributed by atoms with Crippen molar-refractivity contribution in [3.8, 4) is 0 Å². The van der Waals surface area contributed by atoms with Crippen LogP contribution in [-0.2, 0) is 28.8 Å². The lowest BCUT2D eigenvalue weighted by atomic mass is 9.51. The van der Waals surface area contributed by atoms with Gasteiger partial charge in [0.25, 0.3) is 0 Å². The number of amides is 4. The molecule has 2 saturated carbocycles. The summed E-state index contributed by atoms with van der Waals surface area (Å²) >= 11 is 0. The van der Waals surface area contributed by atoms with E-state index in [1.807, 2.05) is 0 Å². The van der Waals surface area contributed by atoms with Crippen LogP contribution in [0.2, 0.25) is 0 Å². The first-order chi connectivity index (χ1) is 18.2. The van der Waals surface area contributed by atoms with Crippen molar-refractivity contribution in [2.45, 2.75) is 80.1 Å². The first-order valence-electron chi connectivity index (χ1n) is 13.6. The third kappa shape index (κ3) is 3.67. The molecule has 4 bridgehead atoms. The van der Waals surface area contributed by atoms with Gasteiger partial charge in [0.2, 0.25) is 23.6 Å². The van der Waals surface area contributed by atoms with Gasteiger partial charge in [0.05, 0.1) is 22.2 Å². The van der Waals surface area contributed by atoms with Crippen LogP contribution < -0.4 is 9.80 Å². The molecule has 2 aliphatic heterocycles. The maximum absolute atomic E-state index is 13.8. The molecular weight excluding hydrogens is 516 g/mol. The summed E-state index contributed by atoms with van der Waals surface area (Å²) in [7, 11) is 0. The number of fused-ring (bicyclic) bond motifs is 4. The summed E-state index contributed by atoms with van der Waals surface area (Å²) in [6.45, 7) is 9.91. The number of carbonyl (C=O) groups is 6. The summed E-state index contributed by atoms with van der Waals surface area (Å²) in [4.78, 5) is 81.8. The molecule has 4 atom stereocenters. The molecule has 40 heavy (non-hydrogen) atoms. The van der Waals surface area contributed by atoms with Crippen LogP contribution in [0, 0.1) is 32.5 Å². The number of anilines is 2. The van der Waals surface area contributed by atoms with Crippen LogP contribution >= 0.6 is 0 Å². The molecule has 4 fully saturated rings. The zero-order chi connectivity index (χ0) is 29.8. The van der Waals surface area contributed by atoms with Crippen LogP contribution in [0.1, 0.15) is 80.1 Å². The number of piperidine rings is 2. The normalized spacial score (nSPS) is 41.2. The monoisotopic (exact) mass is 552 g/mol. The summed E-state index contributed by atoms with van der Waals surface area (Å²) in [6, 6.07) is 6.17. The Kier molecular flexibility index (Phi) is 5.60. The topological polar surface area (TPSA) is 149 Å². The van der Waals surface area contributed by atoms with E-state index < -0.39 is 68.1 Å². The molecule has 5 rings (SSSR count). The van der Waals surface area contributed by atoms with Gasteiger partial charge in [0, 0.05) is 21.7 Å². The Morgan fingerprint density at radius 2 is 0.850 bits per heavy atom. The molecule has 214 valence electrons. The predicted octanol–water partition coefficient (Wildman–Crippen LogP) is 4.01. The van der Waals surface area contributed by atoms with E-state index in [0.29, 0.717) is 0 Å². The fourth-order valence-corrected chi connectivity index (χ4v) is 8.95. The molecule has 0 spiro atoms. The Bertz CT molecular complexity index is 1260. The minimum absolute atomic E-state index is 0.0787. The van der Waals surface area contributed by atoms with Crippen LogP contribution in [0.3, 0.4) is 0 Å². The summed E-state index contributed by atoms with van der Waals surface area (Å²) in [5.74, 6) is -4.14. The summed E-state index contributed by atoms with van der Waals surface area (Å²) in [5, 5.41) is 19.8. The van der Waals surface area contributed by atoms with Crippen LogP contribution in [0.25, 0.3) is 0 Å². The van der Waals surface area contributed by atoms with Gasteiger partial charge in [-0.2, -0.15) is 0 Å². The lowest BCUT2D eigenvalue weighted by molar-refractivity contribution is -0.169. The molecule has 0 radical (unpaired) electrons. The van der Waals surface area contributed by atoms with E-state index in [0.717, 1.165) is 9.80 Å². The second kappa shape index (κ2) is 8.01. The van der Waals surface area contributed by atoms with E-state index >= 15 is 0 Å². The SMILES string of the molecule is CC1(C(=O)O)CC2(C)CC(C)(C1)C(=O)N(c1cccc(N3C(=O)C4(C)CC(C)(C(=O)O)CC(C)(C4)C3=O)c1)C2=O. The number of nitrogens with zero attached hydrogens (tertiary/aromatic N) is 2. The number of hydrogen-bond acceptors (Lipinski definition) is 6. The summed E-state index contributed by atoms with van der Waals surface area (Å²) in [6.07, 6.45) is 0.785. The number of benzene rings is 1. The van der Waals surface area contributed by atoms with Crippen molar-refractivity contribution in [2.75, 3.05) is 9.80 Å². The Balaban J connectivity index is 1.55. The standard InChI is InChI=1S/C30H36N2O8/c1-25-11-26(2,14-29(5,13-25)23(37)38)20(34)31(19(25)33)17-8-7-9-18(10-17)32-21(35)27(3)12-28(4,22(32)36)16-30(6,15-27)24(39)40/h7-10H,11-16H2,1-6H3,(H,37,38)(H,39,40). The maximum atomic E-state index is 13.8. The van der Waals surface area contributed by atoms with Crippen LogP contribution in [0.15, 0.2) is 24.3 Å². The van der Waals surface area contributed by atoms with Gasteiger partial charge in [-0.1, -0.05) is 33.8 Å². The molecule has 10 nitrogen and oxygen atoms in total. The molecule has 2 heterocycles. The van der Waals surface area contributed by atoms with Crippen molar-refractivity contribution in [1.82, 2.24) is 0 Å². The molecule has 4 amide bonds. The number of imide groups is 2. The van der Waals surface area contributed by atoms with Crippen LogP contribution in [0.5, 0.6) is 0 Å². The number of carboxylic acid groups (broad SMARTS) is 2. The van der Waals surface area contributed by atoms with Crippen molar-refractivity contribution in [3.05, 3.63) is 24.3 Å². The van der Waals surface area contributed by atoms with Gasteiger partial charge in [-0.15, -0.1) is 0 Å². The largest absolute Gasteiger partial charge is 0.481 e. The summed E-state index contributed by atoms with van der Waals surface area (Å²) in [5.41, 5.74) is -6.46. The molecule has 10 heteroatoms. The molecule has 2 saturated heterocycles. The Morgan fingerprint density at radius 1 is 0.575 bits per heavy atom. The number of carbonyl (C=O) groups excluding carboxylic acids is 4. The minimum Gasteiger partial charge on any atom is -0.481 e. The predicted molar refractivity (Wildman–Crippen MR) is 143 cm³/mol. The molecule has 2 aliphatic carbocycles. The number of aliphatic carboxylic acids is 2. The highest BCUT2D eigenvalue weighted by atomic mass is 16.4. The number of carboxylic acids is 2. The number of hydrogen-bond donors (Lipinski definition) is 2. The van der Waals surface area contributed by atoms with Crippen molar-refractivity contribution < 1.29 is 39.0 Å². The van der Waals surface area contributed by atoms with Gasteiger partial charge in [-0.25, -0.2) is 9.80 Å². The molecule has 1 aromatic rings. The third-order valence-electron chi connectivity index (χ3n) is 9.94. The van der Waals surface area contributed by atoms with Gasteiger partial charge in [-0.05, 0) is 70.6 Å². The fraction of sp³-hybridized carbons (Fsp3) is 0.600. The zero-order valence-corrected chi connectivity index (χ0v) is 23.8. The van der Waals surface area contributed by atoms with E-state index in [2.05, 4.69) is 0 Å². The van der Waals surface area contributed by atoms with Gasteiger partial charge in [0.1, 0.15) is 0 Å². The van der Waals surface area contributed by atoms with Crippen molar-refractivity contribution in [2.24, 2.45) is 32.5 Å². The second-order valence-electron chi connectivity index (χ2n) is 14.4. The van der Waals surface area contributed by atoms with Crippen LogP contribution in [0.4, 0.5) is 11.4 Å². The van der Waals surface area contributed by atoms with Crippen LogP contribution in [-0.4, -0.2) is 45.8 Å². The minimum atomic E-state index is -1.24. The van der Waals surface area contributed by atoms with Gasteiger partial charge in [0.15, 0.2) is 0 Å². The molecule has 0 aromatic heterocycles. The van der Waals surface area contributed by atoms with E-state index in [1.54, 1.807) is 59.7 Å². The highest BCUT2D eigenvalue weighted by Crippen LogP contribution is 2.60. The van der Waals surface area contributed by atoms with E-state index in [4.69, 9.17) is 0 Å². The fourth-order valence-electron chi connectivity index (χ4n) is 8.95. The van der Waals surface area contributed by atoms with Gasteiger partial charge >= 0.3 is 11.9 Å².